The van der Waals surface area contributed by atoms with Gasteiger partial charge in [-0.25, -0.2) is 8.42 Å². The van der Waals surface area contributed by atoms with Gasteiger partial charge in [-0.15, -0.1) is 0 Å². The van der Waals surface area contributed by atoms with Crippen LogP contribution in [0.4, 0.5) is 0 Å². The van der Waals surface area contributed by atoms with Gasteiger partial charge in [-0.05, 0) is 25.8 Å². The Balaban J connectivity index is 2.05. The van der Waals surface area contributed by atoms with E-state index in [1.165, 1.54) is 0 Å². The molecule has 0 aromatic heterocycles. The number of rotatable bonds is 4. The summed E-state index contributed by atoms with van der Waals surface area (Å²) in [4.78, 5) is 14.2. The normalized spacial score (nSPS) is 30.5. The van der Waals surface area contributed by atoms with Crippen LogP contribution in [0.25, 0.3) is 0 Å². The lowest BCUT2D eigenvalue weighted by Gasteiger charge is -2.30. The third-order valence-electron chi connectivity index (χ3n) is 3.81. The lowest BCUT2D eigenvalue weighted by molar-refractivity contribution is -0.136. The topological polar surface area (TPSA) is 66.5 Å². The third-order valence-corrected chi connectivity index (χ3v) is 5.56. The van der Waals surface area contributed by atoms with Crippen LogP contribution in [0.5, 0.6) is 0 Å². The Kier molecular flexibility index (Phi) is 4.27. The molecule has 0 saturated carbocycles. The second-order valence-corrected chi connectivity index (χ2v) is 7.51. The Morgan fingerprint density at radius 3 is 2.67 bits per heavy atom. The highest BCUT2D eigenvalue weighted by molar-refractivity contribution is 7.91. The van der Waals surface area contributed by atoms with Crippen molar-refractivity contribution in [3.63, 3.8) is 0 Å². The van der Waals surface area contributed by atoms with Crippen LogP contribution in [0.3, 0.4) is 0 Å². The largest absolute Gasteiger partial charge is 0.338 e. The van der Waals surface area contributed by atoms with Crippen LogP contribution >= 0.6 is 0 Å². The molecule has 2 fully saturated rings. The van der Waals surface area contributed by atoms with Crippen molar-refractivity contribution in [2.45, 2.75) is 32.2 Å². The average Bonchev–Trinajstić information content (AvgIpc) is 2.94. The molecule has 2 saturated heterocycles. The van der Waals surface area contributed by atoms with Gasteiger partial charge in [-0.1, -0.05) is 6.92 Å². The Morgan fingerprint density at radius 2 is 2.17 bits per heavy atom. The molecule has 18 heavy (non-hydrogen) atoms. The Bertz CT molecular complexity index is 402. The fourth-order valence-corrected chi connectivity index (χ4v) is 4.57. The first-order valence-corrected chi connectivity index (χ1v) is 8.57. The van der Waals surface area contributed by atoms with E-state index in [1.54, 1.807) is 0 Å². The summed E-state index contributed by atoms with van der Waals surface area (Å²) in [6, 6.07) is -0.0944. The zero-order chi connectivity index (χ0) is 13.2. The Hall–Kier alpha value is -0.620. The summed E-state index contributed by atoms with van der Waals surface area (Å²) in [6.45, 7) is 4.32. The van der Waals surface area contributed by atoms with Gasteiger partial charge in [0.2, 0.25) is 5.91 Å². The maximum absolute atomic E-state index is 12.4. The summed E-state index contributed by atoms with van der Waals surface area (Å²) in [5.74, 6) is 0.566. The van der Waals surface area contributed by atoms with Gasteiger partial charge in [0.25, 0.3) is 0 Å². The van der Waals surface area contributed by atoms with Crippen molar-refractivity contribution in [1.29, 1.82) is 0 Å². The fourth-order valence-electron chi connectivity index (χ4n) is 2.83. The van der Waals surface area contributed by atoms with Crippen LogP contribution in [0.2, 0.25) is 0 Å². The lowest BCUT2D eigenvalue weighted by Crippen LogP contribution is -2.45. The minimum absolute atomic E-state index is 0.0415. The van der Waals surface area contributed by atoms with Crippen LogP contribution in [0, 0.1) is 5.92 Å². The van der Waals surface area contributed by atoms with Gasteiger partial charge in [0.05, 0.1) is 17.4 Å². The first-order chi connectivity index (χ1) is 8.53. The molecule has 2 aliphatic rings. The van der Waals surface area contributed by atoms with Crippen molar-refractivity contribution < 1.29 is 13.2 Å². The molecule has 0 aromatic rings. The number of hydrogen-bond acceptors (Lipinski definition) is 4. The molecule has 6 heteroatoms. The fraction of sp³-hybridized carbons (Fsp3) is 0.917. The molecule has 0 radical (unpaired) electrons. The first-order valence-electron chi connectivity index (χ1n) is 6.75. The molecule has 2 aliphatic heterocycles. The predicted molar refractivity (Wildman–Crippen MR) is 70.0 cm³/mol. The van der Waals surface area contributed by atoms with Gasteiger partial charge in [-0.3, -0.25) is 4.79 Å². The van der Waals surface area contributed by atoms with Gasteiger partial charge in [0.15, 0.2) is 9.84 Å². The summed E-state index contributed by atoms with van der Waals surface area (Å²) < 4.78 is 23.1. The van der Waals surface area contributed by atoms with Gasteiger partial charge < -0.3 is 10.2 Å². The highest BCUT2D eigenvalue weighted by atomic mass is 32.2. The Morgan fingerprint density at radius 1 is 1.39 bits per heavy atom. The first kappa shape index (κ1) is 13.8. The van der Waals surface area contributed by atoms with Gasteiger partial charge in [0.1, 0.15) is 0 Å². The molecule has 2 rings (SSSR count). The van der Waals surface area contributed by atoms with E-state index in [9.17, 15) is 13.2 Å². The van der Waals surface area contributed by atoms with Crippen molar-refractivity contribution in [1.82, 2.24) is 10.2 Å². The average molecular weight is 274 g/mol. The highest BCUT2D eigenvalue weighted by Gasteiger charge is 2.37. The molecule has 2 heterocycles. The number of sulfone groups is 1. The second kappa shape index (κ2) is 5.57. The summed E-state index contributed by atoms with van der Waals surface area (Å²) in [5.41, 5.74) is 0. The molecule has 2 unspecified atom stereocenters. The second-order valence-electron chi connectivity index (χ2n) is 5.28. The minimum atomic E-state index is -2.93. The molecule has 2 atom stereocenters. The number of hydrogen-bond donors (Lipinski definition) is 1. The number of carbonyl (C=O) groups excluding carboxylic acids is 1. The smallest absolute Gasteiger partial charge is 0.227 e. The quantitative estimate of drug-likeness (QED) is 0.785. The third kappa shape index (κ3) is 3.03. The van der Waals surface area contributed by atoms with Gasteiger partial charge >= 0.3 is 0 Å². The zero-order valence-corrected chi connectivity index (χ0v) is 11.7. The molecular weight excluding hydrogens is 252 g/mol. The summed E-state index contributed by atoms with van der Waals surface area (Å²) >= 11 is 0. The maximum atomic E-state index is 12.4. The van der Waals surface area contributed by atoms with E-state index in [1.807, 2.05) is 11.8 Å². The number of carbonyl (C=O) groups is 1. The van der Waals surface area contributed by atoms with Crippen molar-refractivity contribution in [2.24, 2.45) is 5.92 Å². The molecule has 1 amide bonds. The van der Waals surface area contributed by atoms with E-state index in [0.29, 0.717) is 13.0 Å². The molecule has 1 N–H and O–H groups in total. The number of nitrogens with one attached hydrogen (secondary N) is 1. The summed E-state index contributed by atoms with van der Waals surface area (Å²) in [6.07, 6.45) is 2.36. The minimum Gasteiger partial charge on any atom is -0.338 e. The van der Waals surface area contributed by atoms with Gasteiger partial charge in [-0.2, -0.15) is 0 Å². The van der Waals surface area contributed by atoms with Crippen molar-refractivity contribution in [3.05, 3.63) is 0 Å². The van der Waals surface area contributed by atoms with E-state index in [2.05, 4.69) is 5.32 Å². The SMILES string of the molecule is CCCN(C(=O)C1CCNC1)C1CCS(=O)(=O)C1. The molecule has 0 bridgehead atoms. The van der Waals surface area contributed by atoms with Crippen LogP contribution in [0.1, 0.15) is 26.2 Å². The van der Waals surface area contributed by atoms with E-state index in [0.717, 1.165) is 25.9 Å². The van der Waals surface area contributed by atoms with Crippen molar-refractivity contribution in [2.75, 3.05) is 31.1 Å². The van der Waals surface area contributed by atoms with E-state index >= 15 is 0 Å². The van der Waals surface area contributed by atoms with Gasteiger partial charge in [0, 0.05) is 19.1 Å². The van der Waals surface area contributed by atoms with Crippen molar-refractivity contribution >= 4 is 15.7 Å². The van der Waals surface area contributed by atoms with E-state index < -0.39 is 9.84 Å². The highest BCUT2D eigenvalue weighted by Crippen LogP contribution is 2.22. The van der Waals surface area contributed by atoms with Crippen LogP contribution < -0.4 is 5.32 Å². The molecule has 104 valence electrons. The predicted octanol–water partition coefficient (Wildman–Crippen LogP) is 0.0216. The monoisotopic (exact) mass is 274 g/mol. The molecule has 0 spiro atoms. The van der Waals surface area contributed by atoms with E-state index in [-0.39, 0.29) is 29.4 Å². The molecule has 5 nitrogen and oxygen atoms in total. The summed E-state index contributed by atoms with van der Waals surface area (Å²) in [5, 5.41) is 3.19. The zero-order valence-electron chi connectivity index (χ0n) is 10.9. The standard InChI is InChI=1S/C12H22N2O3S/c1-2-6-14(11-4-7-18(16,17)9-11)12(15)10-3-5-13-8-10/h10-11,13H,2-9H2,1H3. The lowest BCUT2D eigenvalue weighted by atomic mass is 10.1. The van der Waals surface area contributed by atoms with Crippen LogP contribution in [-0.4, -0.2) is 56.4 Å². The molecular formula is C12H22N2O3S. The number of nitrogens with zero attached hydrogens (tertiary/aromatic N) is 1. The maximum Gasteiger partial charge on any atom is 0.227 e. The molecule has 0 aromatic carbocycles. The summed E-state index contributed by atoms with van der Waals surface area (Å²) in [7, 11) is -2.93. The van der Waals surface area contributed by atoms with Crippen LogP contribution in [0.15, 0.2) is 0 Å². The van der Waals surface area contributed by atoms with Crippen molar-refractivity contribution in [3.8, 4) is 0 Å². The van der Waals surface area contributed by atoms with Crippen LogP contribution in [-0.2, 0) is 14.6 Å². The molecule has 0 aliphatic carbocycles. The van der Waals surface area contributed by atoms with E-state index in [4.69, 9.17) is 0 Å². The number of amides is 1. The Labute approximate surface area is 109 Å².